The van der Waals surface area contributed by atoms with Gasteiger partial charge in [0.05, 0.1) is 10.9 Å². The first kappa shape index (κ1) is 22.6. The maximum absolute atomic E-state index is 13.0. The summed E-state index contributed by atoms with van der Waals surface area (Å²) < 4.78 is 38.6. The summed E-state index contributed by atoms with van der Waals surface area (Å²) in [6, 6.07) is 11.6. The van der Waals surface area contributed by atoms with Crippen LogP contribution in [0.2, 0.25) is 0 Å². The van der Waals surface area contributed by atoms with Gasteiger partial charge >= 0.3 is 0 Å². The van der Waals surface area contributed by atoms with E-state index in [9.17, 15) is 13.2 Å². The number of nitrogens with one attached hydrogen (secondary N) is 1. The summed E-state index contributed by atoms with van der Waals surface area (Å²) >= 11 is 0. The molecule has 1 aliphatic carbocycles. The van der Waals surface area contributed by atoms with Gasteiger partial charge in [-0.05, 0) is 61.7 Å². The highest BCUT2D eigenvalue weighted by molar-refractivity contribution is 7.89. The van der Waals surface area contributed by atoms with Crippen LogP contribution >= 0.6 is 0 Å². The van der Waals surface area contributed by atoms with Gasteiger partial charge in [-0.1, -0.05) is 25.3 Å². The molecule has 0 saturated heterocycles. The molecule has 1 N–H and O–H groups in total. The quantitative estimate of drug-likeness (QED) is 0.710. The Kier molecular flexibility index (Phi) is 6.71. The molecule has 2 aromatic carbocycles. The molecule has 1 saturated carbocycles. The van der Waals surface area contributed by atoms with Crippen LogP contribution in [0.3, 0.4) is 0 Å². The Morgan fingerprint density at radius 3 is 2.34 bits per heavy atom. The molecule has 8 heteroatoms. The fraction of sp³-hybridized carbons (Fsp3) is 0.458. The molecule has 0 spiro atoms. The van der Waals surface area contributed by atoms with Gasteiger partial charge in [0.2, 0.25) is 10.0 Å². The normalized spacial score (nSPS) is 17.7. The van der Waals surface area contributed by atoms with E-state index in [1.165, 1.54) is 22.9 Å². The molecule has 1 fully saturated rings. The van der Waals surface area contributed by atoms with Crippen molar-refractivity contribution in [3.63, 3.8) is 0 Å². The number of sulfonamides is 1. The second-order valence-electron chi connectivity index (χ2n) is 8.44. The number of fused-ring (bicyclic) bond motifs is 1. The molecule has 1 amide bonds. The summed E-state index contributed by atoms with van der Waals surface area (Å²) in [7, 11) is -1.93. The Bertz CT molecular complexity index is 1060. The monoisotopic (exact) mass is 458 g/mol. The topological polar surface area (TPSA) is 84.9 Å². The van der Waals surface area contributed by atoms with E-state index in [1.807, 2.05) is 25.1 Å². The van der Waals surface area contributed by atoms with Gasteiger partial charge in [0.1, 0.15) is 13.2 Å². The van der Waals surface area contributed by atoms with Gasteiger partial charge in [0, 0.05) is 18.7 Å². The first-order valence-corrected chi connectivity index (χ1v) is 12.6. The summed E-state index contributed by atoms with van der Waals surface area (Å²) in [5.74, 6) is 1.11. The van der Waals surface area contributed by atoms with E-state index in [2.05, 4.69) is 5.32 Å². The Hall–Kier alpha value is -2.58. The van der Waals surface area contributed by atoms with Crippen molar-refractivity contribution in [3.8, 4) is 11.5 Å². The third-order valence-electron chi connectivity index (χ3n) is 6.30. The van der Waals surface area contributed by atoms with Crippen LogP contribution in [0.1, 0.15) is 61.0 Å². The number of carbonyl (C=O) groups is 1. The van der Waals surface area contributed by atoms with Crippen LogP contribution in [0.4, 0.5) is 0 Å². The van der Waals surface area contributed by atoms with Crippen molar-refractivity contribution in [1.29, 1.82) is 0 Å². The maximum atomic E-state index is 13.0. The van der Waals surface area contributed by atoms with Crippen LogP contribution in [0.15, 0.2) is 47.4 Å². The largest absolute Gasteiger partial charge is 0.486 e. The Morgan fingerprint density at radius 2 is 1.66 bits per heavy atom. The highest BCUT2D eigenvalue weighted by Crippen LogP contribution is 2.32. The van der Waals surface area contributed by atoms with Crippen molar-refractivity contribution in [2.45, 2.75) is 56.0 Å². The van der Waals surface area contributed by atoms with E-state index < -0.39 is 10.0 Å². The zero-order valence-corrected chi connectivity index (χ0v) is 19.4. The molecule has 1 heterocycles. The van der Waals surface area contributed by atoms with E-state index in [0.29, 0.717) is 30.3 Å². The summed E-state index contributed by atoms with van der Waals surface area (Å²) in [5, 5.41) is 2.96. The Morgan fingerprint density at radius 1 is 1.00 bits per heavy atom. The molecule has 32 heavy (non-hydrogen) atoms. The smallest absolute Gasteiger partial charge is 0.251 e. The standard InChI is InChI=1S/C24H30N2O5S/c1-17(19-10-13-22-23(16-19)31-15-14-30-22)25-24(27)18-8-11-21(12-9-18)32(28,29)26(2)20-6-4-3-5-7-20/h8-13,16-17,20H,3-7,14-15H2,1-2H3,(H,25,27). The highest BCUT2D eigenvalue weighted by atomic mass is 32.2. The number of amides is 1. The van der Waals surface area contributed by atoms with Gasteiger partial charge in [-0.25, -0.2) is 8.42 Å². The van der Waals surface area contributed by atoms with Crippen molar-refractivity contribution in [3.05, 3.63) is 53.6 Å². The average Bonchev–Trinajstić information content (AvgIpc) is 2.83. The zero-order chi connectivity index (χ0) is 22.7. The average molecular weight is 459 g/mol. The molecule has 0 bridgehead atoms. The SMILES string of the molecule is CC(NC(=O)c1ccc(S(=O)(=O)N(C)C2CCCCC2)cc1)c1ccc2c(c1)OCCO2. The molecular formula is C24H30N2O5S. The van der Waals surface area contributed by atoms with E-state index in [4.69, 9.17) is 9.47 Å². The number of hydrogen-bond acceptors (Lipinski definition) is 5. The number of benzene rings is 2. The van der Waals surface area contributed by atoms with E-state index in [1.54, 1.807) is 19.2 Å². The molecule has 0 aromatic heterocycles. The highest BCUT2D eigenvalue weighted by Gasteiger charge is 2.29. The van der Waals surface area contributed by atoms with Crippen molar-refractivity contribution >= 4 is 15.9 Å². The number of rotatable bonds is 6. The zero-order valence-electron chi connectivity index (χ0n) is 18.5. The minimum absolute atomic E-state index is 0.0450. The second kappa shape index (κ2) is 9.50. The molecular weight excluding hydrogens is 428 g/mol. The van der Waals surface area contributed by atoms with Crippen LogP contribution in [0.25, 0.3) is 0 Å². The molecule has 7 nitrogen and oxygen atoms in total. The summed E-state index contributed by atoms with van der Waals surface area (Å²) in [5.41, 5.74) is 1.31. The second-order valence-corrected chi connectivity index (χ2v) is 10.4. The molecule has 1 unspecified atom stereocenters. The predicted octanol–water partition coefficient (Wildman–Crippen LogP) is 3.90. The summed E-state index contributed by atoms with van der Waals surface area (Å²) in [6.45, 7) is 2.92. The number of carbonyl (C=O) groups excluding carboxylic acids is 1. The fourth-order valence-corrected chi connectivity index (χ4v) is 5.69. The van der Waals surface area contributed by atoms with Crippen molar-refractivity contribution in [2.24, 2.45) is 0 Å². The molecule has 0 radical (unpaired) electrons. The number of hydrogen-bond donors (Lipinski definition) is 1. The van der Waals surface area contributed by atoms with Gasteiger partial charge < -0.3 is 14.8 Å². The molecule has 1 aliphatic heterocycles. The Balaban J connectivity index is 1.42. The van der Waals surface area contributed by atoms with E-state index >= 15 is 0 Å². The summed E-state index contributed by atoms with van der Waals surface area (Å²) in [4.78, 5) is 12.9. The molecule has 1 atom stereocenters. The van der Waals surface area contributed by atoms with Crippen molar-refractivity contribution < 1.29 is 22.7 Å². The van der Waals surface area contributed by atoms with Gasteiger partial charge in [0.15, 0.2) is 11.5 Å². The van der Waals surface area contributed by atoms with E-state index in [-0.39, 0.29) is 22.9 Å². The lowest BCUT2D eigenvalue weighted by atomic mass is 9.96. The number of ether oxygens (including phenoxy) is 2. The first-order chi connectivity index (χ1) is 15.4. The lowest BCUT2D eigenvalue weighted by Gasteiger charge is -2.30. The lowest BCUT2D eigenvalue weighted by Crippen LogP contribution is -2.38. The first-order valence-electron chi connectivity index (χ1n) is 11.1. The maximum Gasteiger partial charge on any atom is 0.251 e. The third kappa shape index (κ3) is 4.76. The van der Waals surface area contributed by atoms with Gasteiger partial charge in [-0.15, -0.1) is 0 Å². The number of nitrogens with zero attached hydrogens (tertiary/aromatic N) is 1. The van der Waals surface area contributed by atoms with Crippen LogP contribution in [-0.2, 0) is 10.0 Å². The van der Waals surface area contributed by atoms with Crippen molar-refractivity contribution in [2.75, 3.05) is 20.3 Å². The van der Waals surface area contributed by atoms with Gasteiger partial charge in [0.25, 0.3) is 5.91 Å². The van der Waals surface area contributed by atoms with Crippen LogP contribution in [0, 0.1) is 0 Å². The van der Waals surface area contributed by atoms with Gasteiger partial charge in [-0.2, -0.15) is 4.31 Å². The predicted molar refractivity (Wildman–Crippen MR) is 122 cm³/mol. The minimum atomic E-state index is -3.58. The molecule has 172 valence electrons. The minimum Gasteiger partial charge on any atom is -0.486 e. The van der Waals surface area contributed by atoms with Crippen LogP contribution < -0.4 is 14.8 Å². The van der Waals surface area contributed by atoms with Crippen LogP contribution in [-0.4, -0.2) is 44.9 Å². The molecule has 2 aromatic rings. The van der Waals surface area contributed by atoms with Gasteiger partial charge in [-0.3, -0.25) is 4.79 Å². The van der Waals surface area contributed by atoms with E-state index in [0.717, 1.165) is 31.2 Å². The fourth-order valence-electron chi connectivity index (χ4n) is 4.28. The lowest BCUT2D eigenvalue weighted by molar-refractivity contribution is 0.0939. The van der Waals surface area contributed by atoms with Crippen LogP contribution in [0.5, 0.6) is 11.5 Å². The molecule has 2 aliphatic rings. The Labute approximate surface area is 189 Å². The van der Waals surface area contributed by atoms with Crippen molar-refractivity contribution in [1.82, 2.24) is 9.62 Å². The summed E-state index contributed by atoms with van der Waals surface area (Å²) in [6.07, 6.45) is 5.08. The molecule has 4 rings (SSSR count). The third-order valence-corrected chi connectivity index (χ3v) is 8.22.